The van der Waals surface area contributed by atoms with Crippen molar-refractivity contribution in [3.05, 3.63) is 35.9 Å². The van der Waals surface area contributed by atoms with Crippen LogP contribution in [0.5, 0.6) is 0 Å². The lowest BCUT2D eigenvalue weighted by Gasteiger charge is -2.50. The maximum absolute atomic E-state index is 12.0. The molecule has 116 valence electrons. The lowest BCUT2D eigenvalue weighted by Crippen LogP contribution is -2.59. The summed E-state index contributed by atoms with van der Waals surface area (Å²) in [5.41, 5.74) is 0.355. The second kappa shape index (κ2) is 5.45. The van der Waals surface area contributed by atoms with Crippen LogP contribution in [-0.2, 0) is 11.3 Å². The maximum atomic E-state index is 12.0. The molecule has 0 bridgehead atoms. The Morgan fingerprint density at radius 3 is 2.05 bits per heavy atom. The van der Waals surface area contributed by atoms with Crippen LogP contribution in [0.2, 0.25) is 0 Å². The van der Waals surface area contributed by atoms with Crippen LogP contribution in [0.1, 0.15) is 52.5 Å². The SMILES string of the molecule is CC1(C)CC(C)(C)CC(NCc2ccccc2)(C(=O)O)C1. The predicted octanol–water partition coefficient (Wildman–Crippen LogP) is 3.84. The van der Waals surface area contributed by atoms with Gasteiger partial charge < -0.3 is 5.11 Å². The average molecular weight is 289 g/mol. The zero-order valence-electron chi connectivity index (χ0n) is 13.6. The van der Waals surface area contributed by atoms with Gasteiger partial charge in [-0.2, -0.15) is 0 Å². The van der Waals surface area contributed by atoms with E-state index in [1.165, 1.54) is 0 Å². The zero-order chi connectivity index (χ0) is 15.7. The van der Waals surface area contributed by atoms with Gasteiger partial charge in [-0.25, -0.2) is 0 Å². The third-order valence-corrected chi connectivity index (χ3v) is 4.40. The maximum Gasteiger partial charge on any atom is 0.323 e. The molecule has 3 heteroatoms. The standard InChI is InChI=1S/C18H27NO2/c1-16(2)11-17(3,4)13-18(12-16,15(20)21)19-10-14-8-6-5-7-9-14/h5-9,19H,10-13H2,1-4H3,(H,20,21). The Kier molecular flexibility index (Phi) is 4.16. The number of hydrogen-bond acceptors (Lipinski definition) is 2. The summed E-state index contributed by atoms with van der Waals surface area (Å²) >= 11 is 0. The minimum Gasteiger partial charge on any atom is -0.480 e. The summed E-state index contributed by atoms with van der Waals surface area (Å²) in [6.07, 6.45) is 2.40. The monoisotopic (exact) mass is 289 g/mol. The molecule has 1 aliphatic carbocycles. The summed E-state index contributed by atoms with van der Waals surface area (Å²) in [5.74, 6) is -0.723. The van der Waals surface area contributed by atoms with Crippen molar-refractivity contribution < 1.29 is 9.90 Å². The van der Waals surface area contributed by atoms with Gasteiger partial charge in [-0.05, 0) is 35.7 Å². The number of carbonyl (C=O) groups is 1. The molecular formula is C18H27NO2. The quantitative estimate of drug-likeness (QED) is 0.885. The van der Waals surface area contributed by atoms with Crippen molar-refractivity contribution in [3.63, 3.8) is 0 Å². The molecule has 1 fully saturated rings. The highest BCUT2D eigenvalue weighted by Crippen LogP contribution is 2.50. The van der Waals surface area contributed by atoms with Crippen molar-refractivity contribution in [3.8, 4) is 0 Å². The number of nitrogens with one attached hydrogen (secondary N) is 1. The van der Waals surface area contributed by atoms with Crippen molar-refractivity contribution in [2.75, 3.05) is 0 Å². The molecule has 21 heavy (non-hydrogen) atoms. The molecule has 1 aromatic carbocycles. The molecule has 2 N–H and O–H groups in total. The van der Waals surface area contributed by atoms with Gasteiger partial charge in [0, 0.05) is 6.54 Å². The van der Waals surface area contributed by atoms with Crippen LogP contribution in [0.4, 0.5) is 0 Å². The van der Waals surface area contributed by atoms with Crippen molar-refractivity contribution in [1.82, 2.24) is 5.32 Å². The number of benzene rings is 1. The fourth-order valence-electron chi connectivity index (χ4n) is 4.34. The molecule has 0 aromatic heterocycles. The topological polar surface area (TPSA) is 49.3 Å². The van der Waals surface area contributed by atoms with Crippen LogP contribution in [0.15, 0.2) is 30.3 Å². The lowest BCUT2D eigenvalue weighted by atomic mass is 9.58. The highest BCUT2D eigenvalue weighted by Gasteiger charge is 2.51. The highest BCUT2D eigenvalue weighted by atomic mass is 16.4. The normalized spacial score (nSPS) is 22.7. The summed E-state index contributed by atoms with van der Waals surface area (Å²) in [6, 6.07) is 10.0. The molecule has 0 atom stereocenters. The molecule has 1 saturated carbocycles. The minimum atomic E-state index is -0.832. The Balaban J connectivity index is 2.22. The Morgan fingerprint density at radius 2 is 1.57 bits per heavy atom. The van der Waals surface area contributed by atoms with Gasteiger partial charge in [0.05, 0.1) is 0 Å². The second-order valence-electron chi connectivity index (χ2n) is 8.09. The van der Waals surface area contributed by atoms with Gasteiger partial charge in [0.1, 0.15) is 5.54 Å². The van der Waals surface area contributed by atoms with E-state index in [0.717, 1.165) is 12.0 Å². The Morgan fingerprint density at radius 1 is 1.05 bits per heavy atom. The summed E-state index contributed by atoms with van der Waals surface area (Å²) in [5, 5.41) is 13.2. The fraction of sp³-hybridized carbons (Fsp3) is 0.611. The lowest BCUT2D eigenvalue weighted by molar-refractivity contribution is -0.151. The molecule has 2 rings (SSSR count). The molecule has 0 saturated heterocycles. The van der Waals surface area contributed by atoms with Gasteiger partial charge >= 0.3 is 5.97 Å². The van der Waals surface area contributed by atoms with Crippen molar-refractivity contribution in [1.29, 1.82) is 0 Å². The fourth-order valence-corrected chi connectivity index (χ4v) is 4.34. The van der Waals surface area contributed by atoms with Crippen LogP contribution in [0.3, 0.4) is 0 Å². The van der Waals surface area contributed by atoms with Gasteiger partial charge in [-0.1, -0.05) is 58.0 Å². The Hall–Kier alpha value is -1.35. The van der Waals surface area contributed by atoms with E-state index in [1.54, 1.807) is 0 Å². The molecule has 3 nitrogen and oxygen atoms in total. The first-order chi connectivity index (χ1) is 9.64. The molecule has 0 heterocycles. The van der Waals surface area contributed by atoms with E-state index < -0.39 is 11.5 Å². The first-order valence-corrected chi connectivity index (χ1v) is 7.67. The van der Waals surface area contributed by atoms with Gasteiger partial charge in [0.15, 0.2) is 0 Å². The predicted molar refractivity (Wildman–Crippen MR) is 85.1 cm³/mol. The molecule has 0 aliphatic heterocycles. The van der Waals surface area contributed by atoms with E-state index in [1.807, 2.05) is 30.3 Å². The van der Waals surface area contributed by atoms with Gasteiger partial charge in [0.2, 0.25) is 0 Å². The van der Waals surface area contributed by atoms with Gasteiger partial charge in [-0.3, -0.25) is 10.1 Å². The Bertz CT molecular complexity index is 489. The first-order valence-electron chi connectivity index (χ1n) is 7.67. The van der Waals surface area contributed by atoms with Crippen LogP contribution in [0, 0.1) is 10.8 Å². The number of carboxylic acid groups (broad SMARTS) is 1. The summed E-state index contributed by atoms with van der Waals surface area (Å²) < 4.78 is 0. The average Bonchev–Trinajstić information content (AvgIpc) is 2.34. The summed E-state index contributed by atoms with van der Waals surface area (Å²) in [6.45, 7) is 9.30. The molecule has 1 aliphatic rings. The smallest absolute Gasteiger partial charge is 0.323 e. The molecule has 1 aromatic rings. The zero-order valence-corrected chi connectivity index (χ0v) is 13.6. The number of carboxylic acids is 1. The van der Waals surface area contributed by atoms with Crippen molar-refractivity contribution in [2.24, 2.45) is 10.8 Å². The Labute approximate surface area is 127 Å². The van der Waals surface area contributed by atoms with Crippen molar-refractivity contribution >= 4 is 5.97 Å². The first kappa shape index (κ1) is 16.0. The molecule has 0 amide bonds. The number of aliphatic carboxylic acids is 1. The third kappa shape index (κ3) is 3.85. The summed E-state index contributed by atoms with van der Waals surface area (Å²) in [4.78, 5) is 12.0. The molecular weight excluding hydrogens is 262 g/mol. The molecule has 0 unspecified atom stereocenters. The van der Waals surface area contributed by atoms with E-state index in [4.69, 9.17) is 0 Å². The van der Waals surface area contributed by atoms with Crippen LogP contribution in [0.25, 0.3) is 0 Å². The van der Waals surface area contributed by atoms with E-state index in [2.05, 4.69) is 33.0 Å². The van der Waals surface area contributed by atoms with Crippen LogP contribution >= 0.6 is 0 Å². The van der Waals surface area contributed by atoms with Gasteiger partial charge in [0.25, 0.3) is 0 Å². The second-order valence-corrected chi connectivity index (χ2v) is 8.09. The van der Waals surface area contributed by atoms with E-state index in [0.29, 0.717) is 19.4 Å². The largest absolute Gasteiger partial charge is 0.480 e. The van der Waals surface area contributed by atoms with Gasteiger partial charge in [-0.15, -0.1) is 0 Å². The van der Waals surface area contributed by atoms with Crippen LogP contribution < -0.4 is 5.32 Å². The van der Waals surface area contributed by atoms with Crippen molar-refractivity contribution in [2.45, 2.75) is 59.0 Å². The minimum absolute atomic E-state index is 0.0316. The molecule has 0 spiro atoms. The number of hydrogen-bond donors (Lipinski definition) is 2. The summed E-state index contributed by atoms with van der Waals surface area (Å²) in [7, 11) is 0. The van der Waals surface area contributed by atoms with Crippen LogP contribution in [-0.4, -0.2) is 16.6 Å². The third-order valence-electron chi connectivity index (χ3n) is 4.40. The van der Waals surface area contributed by atoms with E-state index >= 15 is 0 Å². The van der Waals surface area contributed by atoms with E-state index in [9.17, 15) is 9.90 Å². The molecule has 0 radical (unpaired) electrons. The number of rotatable bonds is 4. The highest BCUT2D eigenvalue weighted by molar-refractivity contribution is 5.79. The van der Waals surface area contributed by atoms with E-state index in [-0.39, 0.29) is 10.8 Å².